The van der Waals surface area contributed by atoms with Crippen LogP contribution in [0.3, 0.4) is 0 Å². The van der Waals surface area contributed by atoms with Gasteiger partial charge in [-0.1, -0.05) is 26.3 Å². The minimum atomic E-state index is 0.219. The van der Waals surface area contributed by atoms with Gasteiger partial charge in [0, 0.05) is 28.9 Å². The van der Waals surface area contributed by atoms with E-state index in [-0.39, 0.29) is 5.41 Å². The van der Waals surface area contributed by atoms with Crippen molar-refractivity contribution in [3.8, 4) is 0 Å². The Morgan fingerprint density at radius 3 is 2.88 bits per heavy atom. The molecule has 0 aliphatic heterocycles. The first-order valence-corrected chi connectivity index (χ1v) is 7.00. The molecule has 0 aromatic carbocycles. The van der Waals surface area contributed by atoms with E-state index in [1.165, 1.54) is 24.1 Å². The van der Waals surface area contributed by atoms with E-state index in [1.807, 2.05) is 11.3 Å². The Kier molecular flexibility index (Phi) is 3.67. The zero-order valence-corrected chi connectivity index (χ0v) is 11.0. The Hall–Kier alpha value is -0.380. The Bertz CT molecular complexity index is 319. The SMILES string of the molecule is CC(C)(CNC1CCCC1N)c1cccs1. The monoisotopic (exact) mass is 238 g/mol. The van der Waals surface area contributed by atoms with E-state index >= 15 is 0 Å². The molecule has 2 unspecified atom stereocenters. The molecule has 1 aliphatic rings. The molecular formula is C13H22N2S. The van der Waals surface area contributed by atoms with E-state index in [9.17, 15) is 0 Å². The van der Waals surface area contributed by atoms with Crippen LogP contribution in [0.4, 0.5) is 0 Å². The van der Waals surface area contributed by atoms with Gasteiger partial charge < -0.3 is 11.1 Å². The van der Waals surface area contributed by atoms with E-state index in [2.05, 4.69) is 36.7 Å². The van der Waals surface area contributed by atoms with Gasteiger partial charge >= 0.3 is 0 Å². The molecule has 1 aromatic heterocycles. The molecule has 0 bridgehead atoms. The molecule has 1 heterocycles. The summed E-state index contributed by atoms with van der Waals surface area (Å²) in [4.78, 5) is 1.45. The lowest BCUT2D eigenvalue weighted by Crippen LogP contribution is -2.45. The quantitative estimate of drug-likeness (QED) is 0.846. The van der Waals surface area contributed by atoms with Gasteiger partial charge in [-0.2, -0.15) is 0 Å². The van der Waals surface area contributed by atoms with E-state index < -0.39 is 0 Å². The lowest BCUT2D eigenvalue weighted by Gasteiger charge is -2.27. The van der Waals surface area contributed by atoms with Crippen LogP contribution >= 0.6 is 11.3 Å². The fourth-order valence-corrected chi connectivity index (χ4v) is 3.23. The van der Waals surface area contributed by atoms with Crippen LogP contribution in [0.15, 0.2) is 17.5 Å². The third-order valence-electron chi connectivity index (χ3n) is 3.56. The van der Waals surface area contributed by atoms with E-state index in [0.29, 0.717) is 12.1 Å². The van der Waals surface area contributed by atoms with Gasteiger partial charge in [0.2, 0.25) is 0 Å². The average molecular weight is 238 g/mol. The number of nitrogens with one attached hydrogen (secondary N) is 1. The molecule has 2 nitrogen and oxygen atoms in total. The van der Waals surface area contributed by atoms with Crippen molar-refractivity contribution in [2.45, 2.75) is 50.6 Å². The van der Waals surface area contributed by atoms with Crippen LogP contribution < -0.4 is 11.1 Å². The molecule has 1 aliphatic carbocycles. The van der Waals surface area contributed by atoms with Crippen LogP contribution in [0.25, 0.3) is 0 Å². The fraction of sp³-hybridized carbons (Fsp3) is 0.692. The second-order valence-electron chi connectivity index (χ2n) is 5.44. The molecule has 3 N–H and O–H groups in total. The van der Waals surface area contributed by atoms with Gasteiger partial charge in [-0.05, 0) is 24.3 Å². The molecule has 1 aromatic rings. The summed E-state index contributed by atoms with van der Waals surface area (Å²) in [5, 5.41) is 5.79. The Balaban J connectivity index is 1.89. The predicted octanol–water partition coefficient (Wildman–Crippen LogP) is 2.50. The van der Waals surface area contributed by atoms with Crippen LogP contribution in [0.2, 0.25) is 0 Å². The highest BCUT2D eigenvalue weighted by Crippen LogP contribution is 2.27. The van der Waals surface area contributed by atoms with Crippen molar-refractivity contribution in [2.24, 2.45) is 5.73 Å². The third-order valence-corrected chi connectivity index (χ3v) is 4.80. The number of thiophene rings is 1. The predicted molar refractivity (Wildman–Crippen MR) is 71.0 cm³/mol. The van der Waals surface area contributed by atoms with Gasteiger partial charge in [-0.3, -0.25) is 0 Å². The lowest BCUT2D eigenvalue weighted by atomic mass is 9.91. The van der Waals surface area contributed by atoms with Crippen molar-refractivity contribution in [3.05, 3.63) is 22.4 Å². The summed E-state index contributed by atoms with van der Waals surface area (Å²) in [5.41, 5.74) is 6.29. The first-order valence-electron chi connectivity index (χ1n) is 6.12. The molecule has 0 amide bonds. The van der Waals surface area contributed by atoms with Crippen molar-refractivity contribution in [1.82, 2.24) is 5.32 Å². The topological polar surface area (TPSA) is 38.0 Å². The molecule has 0 saturated heterocycles. The van der Waals surface area contributed by atoms with Gasteiger partial charge in [-0.25, -0.2) is 0 Å². The van der Waals surface area contributed by atoms with Crippen molar-refractivity contribution in [3.63, 3.8) is 0 Å². The highest BCUT2D eigenvalue weighted by Gasteiger charge is 2.27. The molecule has 2 atom stereocenters. The summed E-state index contributed by atoms with van der Waals surface area (Å²) in [6.45, 7) is 5.62. The zero-order valence-electron chi connectivity index (χ0n) is 10.2. The maximum atomic E-state index is 6.07. The maximum Gasteiger partial charge on any atom is 0.0219 e. The van der Waals surface area contributed by atoms with Crippen LogP contribution in [-0.4, -0.2) is 18.6 Å². The highest BCUT2D eigenvalue weighted by molar-refractivity contribution is 7.10. The number of nitrogens with two attached hydrogens (primary N) is 1. The molecule has 2 rings (SSSR count). The Labute approximate surface area is 102 Å². The minimum absolute atomic E-state index is 0.219. The van der Waals surface area contributed by atoms with Gasteiger partial charge in [0.25, 0.3) is 0 Å². The summed E-state index contributed by atoms with van der Waals surface area (Å²) in [7, 11) is 0. The zero-order chi connectivity index (χ0) is 11.6. The third kappa shape index (κ3) is 2.65. The fourth-order valence-electron chi connectivity index (χ4n) is 2.38. The summed E-state index contributed by atoms with van der Waals surface area (Å²) in [6, 6.07) is 5.24. The smallest absolute Gasteiger partial charge is 0.0219 e. The van der Waals surface area contributed by atoms with E-state index in [1.54, 1.807) is 0 Å². The molecule has 1 fully saturated rings. The highest BCUT2D eigenvalue weighted by atomic mass is 32.1. The maximum absolute atomic E-state index is 6.07. The van der Waals surface area contributed by atoms with Crippen LogP contribution in [0, 0.1) is 0 Å². The van der Waals surface area contributed by atoms with Crippen LogP contribution in [-0.2, 0) is 5.41 Å². The van der Waals surface area contributed by atoms with Crippen LogP contribution in [0.1, 0.15) is 38.0 Å². The summed E-state index contributed by atoms with van der Waals surface area (Å²) in [5.74, 6) is 0. The van der Waals surface area contributed by atoms with Crippen molar-refractivity contribution < 1.29 is 0 Å². The van der Waals surface area contributed by atoms with Gasteiger partial charge in [0.1, 0.15) is 0 Å². The summed E-state index contributed by atoms with van der Waals surface area (Å²) in [6.07, 6.45) is 3.69. The largest absolute Gasteiger partial charge is 0.326 e. The number of hydrogen-bond donors (Lipinski definition) is 2. The van der Waals surface area contributed by atoms with Gasteiger partial charge in [0.05, 0.1) is 0 Å². The van der Waals surface area contributed by atoms with Crippen molar-refractivity contribution in [2.75, 3.05) is 6.54 Å². The Morgan fingerprint density at radius 2 is 2.31 bits per heavy atom. The number of rotatable bonds is 4. The summed E-state index contributed by atoms with van der Waals surface area (Å²) >= 11 is 1.84. The second-order valence-corrected chi connectivity index (χ2v) is 6.39. The van der Waals surface area contributed by atoms with E-state index in [4.69, 9.17) is 5.73 Å². The van der Waals surface area contributed by atoms with Gasteiger partial charge in [0.15, 0.2) is 0 Å². The van der Waals surface area contributed by atoms with E-state index in [0.717, 1.165) is 6.54 Å². The summed E-state index contributed by atoms with van der Waals surface area (Å²) < 4.78 is 0. The Morgan fingerprint density at radius 1 is 1.50 bits per heavy atom. The molecule has 90 valence electrons. The van der Waals surface area contributed by atoms with Crippen molar-refractivity contribution in [1.29, 1.82) is 0 Å². The molecule has 3 heteroatoms. The number of hydrogen-bond acceptors (Lipinski definition) is 3. The standard InChI is InChI=1S/C13H22N2S/c1-13(2,12-7-4-8-16-12)9-15-11-6-3-5-10(11)14/h4,7-8,10-11,15H,3,5-6,9,14H2,1-2H3. The van der Waals surface area contributed by atoms with Gasteiger partial charge in [-0.15, -0.1) is 11.3 Å². The minimum Gasteiger partial charge on any atom is -0.326 e. The normalized spacial score (nSPS) is 26.2. The van der Waals surface area contributed by atoms with Crippen molar-refractivity contribution >= 4 is 11.3 Å². The molecular weight excluding hydrogens is 216 g/mol. The van der Waals surface area contributed by atoms with Crippen LogP contribution in [0.5, 0.6) is 0 Å². The first kappa shape index (κ1) is 12.1. The second kappa shape index (κ2) is 4.86. The first-order chi connectivity index (χ1) is 7.59. The lowest BCUT2D eigenvalue weighted by molar-refractivity contribution is 0.404. The molecule has 1 saturated carbocycles. The molecule has 0 radical (unpaired) electrons. The molecule has 0 spiro atoms. The molecule has 16 heavy (non-hydrogen) atoms. The average Bonchev–Trinajstić information content (AvgIpc) is 2.85.